The molecule has 0 aromatic heterocycles. The van der Waals surface area contributed by atoms with Gasteiger partial charge in [-0.2, -0.15) is 0 Å². The molecule has 0 saturated carbocycles. The molecule has 1 aliphatic heterocycles. The number of ether oxygens (including phenoxy) is 4. The van der Waals surface area contributed by atoms with Crippen molar-refractivity contribution in [2.75, 3.05) is 79.5 Å². The minimum absolute atomic E-state index is 0.307. The van der Waals surface area contributed by atoms with Gasteiger partial charge in [-0.15, -0.1) is 0 Å². The molecule has 120 valence electrons. The summed E-state index contributed by atoms with van der Waals surface area (Å²) in [6, 6.07) is 0. The molecule has 1 rings (SSSR count). The molecule has 1 saturated heterocycles. The number of hydrogen-bond acceptors (Lipinski definition) is 6. The van der Waals surface area contributed by atoms with E-state index in [0.717, 1.165) is 39.3 Å². The number of methoxy groups -OCH3 is 1. The Bertz CT molecular complexity index is 219. The topological polar surface area (TPSA) is 52.2 Å². The van der Waals surface area contributed by atoms with Crippen LogP contribution in [0.25, 0.3) is 0 Å². The van der Waals surface area contributed by atoms with Crippen LogP contribution in [0.1, 0.15) is 6.92 Å². The summed E-state index contributed by atoms with van der Waals surface area (Å²) in [5.41, 5.74) is 0. The molecule has 0 aliphatic carbocycles. The number of likely N-dealkylation sites (N-methyl/N-ethyl adjacent to an activating group) is 1. The van der Waals surface area contributed by atoms with Gasteiger partial charge in [-0.05, 0) is 6.54 Å². The molecule has 0 aromatic carbocycles. The van der Waals surface area contributed by atoms with Crippen LogP contribution >= 0.6 is 0 Å². The van der Waals surface area contributed by atoms with Crippen LogP contribution < -0.4 is 5.32 Å². The van der Waals surface area contributed by atoms with Gasteiger partial charge in [0.15, 0.2) is 0 Å². The third-order valence-electron chi connectivity index (χ3n) is 3.27. The van der Waals surface area contributed by atoms with Gasteiger partial charge in [0.1, 0.15) is 0 Å². The third kappa shape index (κ3) is 8.84. The largest absolute Gasteiger partial charge is 0.382 e. The molecule has 0 bridgehead atoms. The predicted octanol–water partition coefficient (Wildman–Crippen LogP) is -0.0237. The summed E-state index contributed by atoms with van der Waals surface area (Å²) in [6.45, 7) is 11.2. The van der Waals surface area contributed by atoms with Crippen LogP contribution in [-0.2, 0) is 18.9 Å². The molecule has 1 atom stereocenters. The fourth-order valence-electron chi connectivity index (χ4n) is 2.06. The Labute approximate surface area is 122 Å². The van der Waals surface area contributed by atoms with Crippen molar-refractivity contribution in [3.8, 4) is 0 Å². The Kier molecular flexibility index (Phi) is 11.1. The second kappa shape index (κ2) is 12.5. The molecule has 1 heterocycles. The molecule has 6 nitrogen and oxygen atoms in total. The molecule has 0 aromatic rings. The fraction of sp³-hybridized carbons (Fsp3) is 1.00. The standard InChI is InChI=1S/C14H30N2O4/c1-3-16-5-7-20-14(13-16)12-15-4-6-18-10-11-19-9-8-17-2/h14-15H,3-13H2,1-2H3. The molecular weight excluding hydrogens is 260 g/mol. The third-order valence-corrected chi connectivity index (χ3v) is 3.27. The van der Waals surface area contributed by atoms with E-state index in [-0.39, 0.29) is 0 Å². The first-order valence-electron chi connectivity index (χ1n) is 7.56. The van der Waals surface area contributed by atoms with Crippen molar-refractivity contribution in [3.05, 3.63) is 0 Å². The summed E-state index contributed by atoms with van der Waals surface area (Å²) in [4.78, 5) is 2.42. The van der Waals surface area contributed by atoms with Crippen molar-refractivity contribution >= 4 is 0 Å². The highest BCUT2D eigenvalue weighted by Crippen LogP contribution is 2.03. The first-order chi connectivity index (χ1) is 9.86. The lowest BCUT2D eigenvalue weighted by atomic mass is 10.2. The van der Waals surface area contributed by atoms with Gasteiger partial charge in [0.05, 0.1) is 45.7 Å². The van der Waals surface area contributed by atoms with Crippen LogP contribution in [-0.4, -0.2) is 90.5 Å². The van der Waals surface area contributed by atoms with Gasteiger partial charge >= 0.3 is 0 Å². The summed E-state index contributed by atoms with van der Waals surface area (Å²) in [5.74, 6) is 0. The molecule has 1 N–H and O–H groups in total. The molecule has 0 amide bonds. The Morgan fingerprint density at radius 1 is 1.15 bits per heavy atom. The summed E-state index contributed by atoms with van der Waals surface area (Å²) in [6.07, 6.45) is 0.307. The summed E-state index contributed by atoms with van der Waals surface area (Å²) in [7, 11) is 1.67. The van der Waals surface area contributed by atoms with E-state index < -0.39 is 0 Å². The number of nitrogens with one attached hydrogen (secondary N) is 1. The van der Waals surface area contributed by atoms with Crippen molar-refractivity contribution in [2.45, 2.75) is 13.0 Å². The zero-order valence-electron chi connectivity index (χ0n) is 12.9. The van der Waals surface area contributed by atoms with Crippen molar-refractivity contribution in [1.29, 1.82) is 0 Å². The first kappa shape index (κ1) is 17.8. The predicted molar refractivity (Wildman–Crippen MR) is 78.2 cm³/mol. The maximum Gasteiger partial charge on any atom is 0.0826 e. The zero-order chi connectivity index (χ0) is 14.5. The SMILES string of the molecule is CCN1CCOC(CNCCOCCOCCOC)C1. The van der Waals surface area contributed by atoms with E-state index in [0.29, 0.717) is 39.1 Å². The van der Waals surface area contributed by atoms with Gasteiger partial charge in [-0.3, -0.25) is 4.90 Å². The highest BCUT2D eigenvalue weighted by Gasteiger charge is 2.18. The van der Waals surface area contributed by atoms with E-state index in [1.165, 1.54) is 0 Å². The molecule has 0 radical (unpaired) electrons. The molecule has 1 unspecified atom stereocenters. The van der Waals surface area contributed by atoms with Crippen LogP contribution in [0, 0.1) is 0 Å². The Hall–Kier alpha value is -0.240. The van der Waals surface area contributed by atoms with Crippen LogP contribution in [0.4, 0.5) is 0 Å². The lowest BCUT2D eigenvalue weighted by Gasteiger charge is -2.32. The maximum atomic E-state index is 5.72. The maximum absolute atomic E-state index is 5.72. The number of hydrogen-bond donors (Lipinski definition) is 1. The summed E-state index contributed by atoms with van der Waals surface area (Å²) >= 11 is 0. The van der Waals surface area contributed by atoms with Gasteiger partial charge in [0.25, 0.3) is 0 Å². The second-order valence-electron chi connectivity index (χ2n) is 4.81. The summed E-state index contributed by atoms with van der Waals surface area (Å²) in [5, 5.41) is 3.37. The lowest BCUT2D eigenvalue weighted by molar-refractivity contribution is -0.0262. The average Bonchev–Trinajstić information content (AvgIpc) is 2.49. The van der Waals surface area contributed by atoms with Crippen molar-refractivity contribution < 1.29 is 18.9 Å². The monoisotopic (exact) mass is 290 g/mol. The van der Waals surface area contributed by atoms with E-state index >= 15 is 0 Å². The van der Waals surface area contributed by atoms with Crippen LogP contribution in [0.5, 0.6) is 0 Å². The minimum atomic E-state index is 0.307. The molecule has 20 heavy (non-hydrogen) atoms. The van der Waals surface area contributed by atoms with Gasteiger partial charge in [0.2, 0.25) is 0 Å². The highest BCUT2D eigenvalue weighted by molar-refractivity contribution is 4.72. The molecule has 0 spiro atoms. The highest BCUT2D eigenvalue weighted by atomic mass is 16.5. The quantitative estimate of drug-likeness (QED) is 0.510. The molecule has 6 heteroatoms. The van der Waals surface area contributed by atoms with E-state index in [4.69, 9.17) is 18.9 Å². The van der Waals surface area contributed by atoms with Crippen LogP contribution in [0.2, 0.25) is 0 Å². The van der Waals surface area contributed by atoms with Crippen molar-refractivity contribution in [1.82, 2.24) is 10.2 Å². The minimum Gasteiger partial charge on any atom is -0.382 e. The number of nitrogens with zero attached hydrogens (tertiary/aromatic N) is 1. The smallest absolute Gasteiger partial charge is 0.0826 e. The number of rotatable bonds is 12. The Morgan fingerprint density at radius 2 is 1.90 bits per heavy atom. The second-order valence-corrected chi connectivity index (χ2v) is 4.81. The van der Waals surface area contributed by atoms with E-state index in [1.807, 2.05) is 0 Å². The van der Waals surface area contributed by atoms with Crippen LogP contribution in [0.3, 0.4) is 0 Å². The molecule has 1 fully saturated rings. The lowest BCUT2D eigenvalue weighted by Crippen LogP contribution is -2.46. The van der Waals surface area contributed by atoms with Crippen LogP contribution in [0.15, 0.2) is 0 Å². The molecule has 1 aliphatic rings. The Morgan fingerprint density at radius 3 is 2.65 bits per heavy atom. The fourth-order valence-corrected chi connectivity index (χ4v) is 2.06. The Balaban J connectivity index is 1.82. The van der Waals surface area contributed by atoms with E-state index in [1.54, 1.807) is 7.11 Å². The van der Waals surface area contributed by atoms with Gasteiger partial charge < -0.3 is 24.3 Å². The van der Waals surface area contributed by atoms with Crippen molar-refractivity contribution in [3.63, 3.8) is 0 Å². The average molecular weight is 290 g/mol. The van der Waals surface area contributed by atoms with Crippen molar-refractivity contribution in [2.24, 2.45) is 0 Å². The van der Waals surface area contributed by atoms with Gasteiger partial charge in [-0.25, -0.2) is 0 Å². The summed E-state index contributed by atoms with van der Waals surface area (Å²) < 4.78 is 21.4. The van der Waals surface area contributed by atoms with E-state index in [2.05, 4.69) is 17.1 Å². The first-order valence-corrected chi connectivity index (χ1v) is 7.56. The normalized spacial score (nSPS) is 20.4. The zero-order valence-corrected chi connectivity index (χ0v) is 12.9. The van der Waals surface area contributed by atoms with Gasteiger partial charge in [-0.1, -0.05) is 6.92 Å². The van der Waals surface area contributed by atoms with Gasteiger partial charge in [0, 0.05) is 33.3 Å². The number of morpholine rings is 1. The molecular formula is C14H30N2O4. The van der Waals surface area contributed by atoms with E-state index in [9.17, 15) is 0 Å².